The summed E-state index contributed by atoms with van der Waals surface area (Å²) in [5.41, 5.74) is 1.82. The molecule has 0 N–H and O–H groups in total. The van der Waals surface area contributed by atoms with Crippen LogP contribution in [-0.4, -0.2) is 35.3 Å². The van der Waals surface area contributed by atoms with E-state index in [1.807, 2.05) is 62.5 Å². The molecule has 3 heteroatoms. The van der Waals surface area contributed by atoms with Crippen molar-refractivity contribution in [3.8, 4) is 0 Å². The molecule has 2 aromatic rings. The molecule has 2 rings (SSSR count). The van der Waals surface area contributed by atoms with Crippen LogP contribution in [0.5, 0.6) is 0 Å². The first-order valence-corrected chi connectivity index (χ1v) is 6.88. The number of hydrogen-bond donors (Lipinski definition) is 0. The van der Waals surface area contributed by atoms with Crippen LogP contribution in [0.1, 0.15) is 23.0 Å². The quantitative estimate of drug-likeness (QED) is 0.755. The fourth-order valence-corrected chi connectivity index (χ4v) is 2.07. The molecule has 1 unspecified atom stereocenters. The van der Waals surface area contributed by atoms with E-state index in [1.165, 1.54) is 0 Å². The minimum absolute atomic E-state index is 0.124. The Balaban J connectivity index is 1.92. The Morgan fingerprint density at radius 1 is 1.15 bits per heavy atom. The number of pyridine rings is 1. The number of carbonyl (C=O) groups excluding carboxylic acids is 1. The van der Waals surface area contributed by atoms with Gasteiger partial charge in [-0.15, -0.1) is 0 Å². The first kappa shape index (κ1) is 14.4. The lowest BCUT2D eigenvalue weighted by Gasteiger charge is -2.23. The van der Waals surface area contributed by atoms with Gasteiger partial charge in [0.15, 0.2) is 5.78 Å². The van der Waals surface area contributed by atoms with Crippen LogP contribution in [0.2, 0.25) is 0 Å². The van der Waals surface area contributed by atoms with Crippen molar-refractivity contribution in [2.45, 2.75) is 19.4 Å². The average Bonchev–Trinajstić information content (AvgIpc) is 2.53. The molecule has 20 heavy (non-hydrogen) atoms. The van der Waals surface area contributed by atoms with Crippen molar-refractivity contribution in [1.29, 1.82) is 0 Å². The Bertz CT molecular complexity index is 539. The molecule has 1 heterocycles. The number of hydrogen-bond acceptors (Lipinski definition) is 3. The van der Waals surface area contributed by atoms with Crippen molar-refractivity contribution in [2.24, 2.45) is 0 Å². The number of aromatic nitrogens is 1. The van der Waals surface area contributed by atoms with E-state index in [9.17, 15) is 4.79 Å². The number of likely N-dealkylation sites (N-methyl/N-ethyl adjacent to an activating group) is 1. The van der Waals surface area contributed by atoms with Crippen LogP contribution in [0.3, 0.4) is 0 Å². The van der Waals surface area contributed by atoms with Gasteiger partial charge < -0.3 is 0 Å². The van der Waals surface area contributed by atoms with E-state index in [0.29, 0.717) is 0 Å². The lowest BCUT2D eigenvalue weighted by Crippen LogP contribution is -2.37. The number of ketones is 1. The molecule has 3 nitrogen and oxygen atoms in total. The second-order valence-electron chi connectivity index (χ2n) is 4.96. The molecule has 0 aliphatic heterocycles. The third-order valence-electron chi connectivity index (χ3n) is 3.55. The highest BCUT2D eigenvalue weighted by atomic mass is 16.1. The van der Waals surface area contributed by atoms with Crippen molar-refractivity contribution in [3.05, 3.63) is 66.0 Å². The van der Waals surface area contributed by atoms with Crippen LogP contribution in [-0.2, 0) is 6.42 Å². The van der Waals surface area contributed by atoms with Gasteiger partial charge in [-0.3, -0.25) is 14.7 Å². The zero-order valence-corrected chi connectivity index (χ0v) is 12.0. The summed E-state index contributed by atoms with van der Waals surface area (Å²) in [5.74, 6) is 0.161. The average molecular weight is 268 g/mol. The molecule has 0 saturated carbocycles. The van der Waals surface area contributed by atoms with Crippen LogP contribution in [0, 0.1) is 0 Å². The van der Waals surface area contributed by atoms with Gasteiger partial charge in [-0.05, 0) is 26.1 Å². The minimum Gasteiger partial charge on any atom is -0.296 e. The number of Topliss-reactive ketones (excluding diaryl/α,β-unsaturated/α-hetero) is 1. The van der Waals surface area contributed by atoms with E-state index < -0.39 is 0 Å². The predicted octanol–water partition coefficient (Wildman–Crippen LogP) is 2.83. The fraction of sp³-hybridized carbons (Fsp3) is 0.294. The zero-order valence-electron chi connectivity index (χ0n) is 12.0. The first-order chi connectivity index (χ1) is 9.68. The molecule has 0 fully saturated rings. The third kappa shape index (κ3) is 3.75. The van der Waals surface area contributed by atoms with Gasteiger partial charge in [-0.1, -0.05) is 36.4 Å². The van der Waals surface area contributed by atoms with Crippen LogP contribution in [0.15, 0.2) is 54.7 Å². The van der Waals surface area contributed by atoms with Crippen molar-refractivity contribution in [3.63, 3.8) is 0 Å². The SMILES string of the molecule is CC(C(=O)c1ccccc1)N(C)CCc1ccccn1. The summed E-state index contributed by atoms with van der Waals surface area (Å²) >= 11 is 0. The molecular weight excluding hydrogens is 248 g/mol. The molecule has 0 bridgehead atoms. The molecule has 1 atom stereocenters. The molecule has 0 radical (unpaired) electrons. The molecule has 104 valence electrons. The molecule has 1 aromatic carbocycles. The molecule has 0 aliphatic carbocycles. The van der Waals surface area contributed by atoms with Gasteiger partial charge in [-0.2, -0.15) is 0 Å². The van der Waals surface area contributed by atoms with Gasteiger partial charge in [0.05, 0.1) is 6.04 Å². The lowest BCUT2D eigenvalue weighted by molar-refractivity contribution is 0.0869. The van der Waals surface area contributed by atoms with Gasteiger partial charge in [-0.25, -0.2) is 0 Å². The van der Waals surface area contributed by atoms with Crippen LogP contribution in [0.25, 0.3) is 0 Å². The van der Waals surface area contributed by atoms with Gasteiger partial charge in [0.1, 0.15) is 0 Å². The van der Waals surface area contributed by atoms with E-state index in [0.717, 1.165) is 24.2 Å². The lowest BCUT2D eigenvalue weighted by atomic mass is 10.0. The Kier molecular flexibility index (Phi) is 5.02. The van der Waals surface area contributed by atoms with E-state index in [-0.39, 0.29) is 11.8 Å². The number of benzene rings is 1. The molecule has 0 saturated heterocycles. The van der Waals surface area contributed by atoms with Crippen molar-refractivity contribution in [1.82, 2.24) is 9.88 Å². The topological polar surface area (TPSA) is 33.2 Å². The summed E-state index contributed by atoms with van der Waals surface area (Å²) in [4.78, 5) is 18.7. The minimum atomic E-state index is -0.124. The summed E-state index contributed by atoms with van der Waals surface area (Å²) in [6.07, 6.45) is 2.65. The third-order valence-corrected chi connectivity index (χ3v) is 3.55. The Labute approximate surface area is 120 Å². The maximum Gasteiger partial charge on any atom is 0.179 e. The Morgan fingerprint density at radius 3 is 2.50 bits per heavy atom. The van der Waals surface area contributed by atoms with Gasteiger partial charge in [0.2, 0.25) is 0 Å². The zero-order chi connectivity index (χ0) is 14.4. The van der Waals surface area contributed by atoms with Crippen molar-refractivity contribution in [2.75, 3.05) is 13.6 Å². The van der Waals surface area contributed by atoms with E-state index in [1.54, 1.807) is 6.20 Å². The maximum absolute atomic E-state index is 12.3. The van der Waals surface area contributed by atoms with Crippen LogP contribution in [0.4, 0.5) is 0 Å². The summed E-state index contributed by atoms with van der Waals surface area (Å²) in [6.45, 7) is 2.77. The van der Waals surface area contributed by atoms with Gasteiger partial charge in [0.25, 0.3) is 0 Å². The standard InChI is InChI=1S/C17H20N2O/c1-14(17(20)15-8-4-3-5-9-15)19(2)13-11-16-10-6-7-12-18-16/h3-10,12,14H,11,13H2,1-2H3. The highest BCUT2D eigenvalue weighted by molar-refractivity contribution is 5.99. The second kappa shape index (κ2) is 6.96. The smallest absolute Gasteiger partial charge is 0.179 e. The number of rotatable bonds is 6. The van der Waals surface area contributed by atoms with Crippen molar-refractivity contribution >= 4 is 5.78 Å². The van der Waals surface area contributed by atoms with Gasteiger partial charge in [0, 0.05) is 30.4 Å². The molecular formula is C17H20N2O. The molecule has 0 amide bonds. The first-order valence-electron chi connectivity index (χ1n) is 6.88. The highest BCUT2D eigenvalue weighted by Gasteiger charge is 2.19. The van der Waals surface area contributed by atoms with Crippen LogP contribution >= 0.6 is 0 Å². The molecule has 1 aromatic heterocycles. The largest absolute Gasteiger partial charge is 0.296 e. The summed E-state index contributed by atoms with van der Waals surface area (Å²) in [7, 11) is 1.98. The van der Waals surface area contributed by atoms with Gasteiger partial charge >= 0.3 is 0 Å². The fourth-order valence-electron chi connectivity index (χ4n) is 2.07. The highest BCUT2D eigenvalue weighted by Crippen LogP contribution is 2.08. The Morgan fingerprint density at radius 2 is 1.85 bits per heavy atom. The molecule has 0 aliphatic rings. The van der Waals surface area contributed by atoms with E-state index in [4.69, 9.17) is 0 Å². The molecule has 0 spiro atoms. The maximum atomic E-state index is 12.3. The number of nitrogens with zero attached hydrogens (tertiary/aromatic N) is 2. The van der Waals surface area contributed by atoms with E-state index in [2.05, 4.69) is 9.88 Å². The monoisotopic (exact) mass is 268 g/mol. The Hall–Kier alpha value is -2.00. The summed E-state index contributed by atoms with van der Waals surface area (Å²) < 4.78 is 0. The number of carbonyl (C=O) groups is 1. The summed E-state index contributed by atoms with van der Waals surface area (Å²) in [5, 5.41) is 0. The van der Waals surface area contributed by atoms with Crippen molar-refractivity contribution < 1.29 is 4.79 Å². The normalized spacial score (nSPS) is 12.3. The second-order valence-corrected chi connectivity index (χ2v) is 4.96. The predicted molar refractivity (Wildman–Crippen MR) is 80.8 cm³/mol. The van der Waals surface area contributed by atoms with Crippen LogP contribution < -0.4 is 0 Å². The summed E-state index contributed by atoms with van der Waals surface area (Å²) in [6, 6.07) is 15.2. The van der Waals surface area contributed by atoms with E-state index >= 15 is 0 Å².